The van der Waals surface area contributed by atoms with Crippen LogP contribution in [0.1, 0.15) is 35.1 Å². The SMILES string of the molecule is Cc1ccc(-c2nc(Cc3cccc(C[C@H]4CO[C@](C)(C(=O)O)OC4)c3)c(C)o2)cc1. The Morgan fingerprint density at radius 1 is 1.10 bits per heavy atom. The fourth-order valence-corrected chi connectivity index (χ4v) is 3.69. The number of benzene rings is 2. The van der Waals surface area contributed by atoms with Gasteiger partial charge >= 0.3 is 5.97 Å². The van der Waals surface area contributed by atoms with Crippen molar-refractivity contribution in [1.29, 1.82) is 0 Å². The van der Waals surface area contributed by atoms with Crippen LogP contribution in [0.4, 0.5) is 0 Å². The molecule has 162 valence electrons. The van der Waals surface area contributed by atoms with E-state index in [1.165, 1.54) is 12.5 Å². The first-order valence-corrected chi connectivity index (χ1v) is 10.4. The molecule has 0 bridgehead atoms. The molecule has 0 amide bonds. The van der Waals surface area contributed by atoms with E-state index in [9.17, 15) is 9.90 Å². The van der Waals surface area contributed by atoms with Crippen LogP contribution in [0, 0.1) is 19.8 Å². The summed E-state index contributed by atoms with van der Waals surface area (Å²) < 4.78 is 16.8. The van der Waals surface area contributed by atoms with E-state index >= 15 is 0 Å². The Bertz CT molecular complexity index is 1060. The normalized spacial score (nSPS) is 21.2. The molecule has 1 aliphatic heterocycles. The second kappa shape index (κ2) is 8.65. The van der Waals surface area contributed by atoms with Gasteiger partial charge in [0.1, 0.15) is 5.76 Å². The fraction of sp³-hybridized carbons (Fsp3) is 0.360. The van der Waals surface area contributed by atoms with Crippen LogP contribution < -0.4 is 0 Å². The molecule has 0 spiro atoms. The maximum absolute atomic E-state index is 11.2. The molecule has 1 saturated heterocycles. The first kappa shape index (κ1) is 21.3. The zero-order chi connectivity index (χ0) is 22.0. The van der Waals surface area contributed by atoms with E-state index in [1.807, 2.05) is 25.1 Å². The number of hydrogen-bond donors (Lipinski definition) is 1. The van der Waals surface area contributed by atoms with Crippen molar-refractivity contribution in [3.63, 3.8) is 0 Å². The fourth-order valence-electron chi connectivity index (χ4n) is 3.69. The van der Waals surface area contributed by atoms with Crippen LogP contribution in [0.5, 0.6) is 0 Å². The van der Waals surface area contributed by atoms with Gasteiger partial charge in [-0.1, -0.05) is 42.0 Å². The van der Waals surface area contributed by atoms with Crippen LogP contribution in [0.15, 0.2) is 52.9 Å². The largest absolute Gasteiger partial charge is 0.477 e. The number of nitrogens with zero attached hydrogens (tertiary/aromatic N) is 1. The minimum atomic E-state index is -1.54. The standard InChI is InChI=1S/C25H27NO5/c1-16-7-9-21(10-8-16)23-26-22(17(2)31-23)13-19-6-4-5-18(11-19)12-20-14-29-25(3,24(27)28)30-15-20/h4-11,20H,12-15H2,1-3H3,(H,27,28)/t20-,25-. The lowest BCUT2D eigenvalue weighted by molar-refractivity contribution is -0.270. The molecule has 1 aromatic heterocycles. The molecular weight excluding hydrogens is 394 g/mol. The van der Waals surface area contributed by atoms with Gasteiger partial charge in [0.25, 0.3) is 5.79 Å². The Hall–Kier alpha value is -2.96. The molecule has 0 atom stereocenters. The Labute approximate surface area is 181 Å². The highest BCUT2D eigenvalue weighted by Crippen LogP contribution is 2.26. The van der Waals surface area contributed by atoms with Gasteiger partial charge in [0.15, 0.2) is 0 Å². The van der Waals surface area contributed by atoms with E-state index in [2.05, 4.69) is 37.3 Å². The van der Waals surface area contributed by atoms with Crippen molar-refractivity contribution in [2.24, 2.45) is 5.92 Å². The van der Waals surface area contributed by atoms with E-state index in [-0.39, 0.29) is 5.92 Å². The second-order valence-corrected chi connectivity index (χ2v) is 8.33. The third kappa shape index (κ3) is 4.86. The lowest BCUT2D eigenvalue weighted by Gasteiger charge is -2.34. The summed E-state index contributed by atoms with van der Waals surface area (Å²) in [6.07, 6.45) is 1.44. The van der Waals surface area contributed by atoms with Crippen molar-refractivity contribution in [3.8, 4) is 11.5 Å². The van der Waals surface area contributed by atoms with Crippen molar-refractivity contribution in [2.45, 2.75) is 39.4 Å². The van der Waals surface area contributed by atoms with Gasteiger partial charge in [-0.3, -0.25) is 0 Å². The highest BCUT2D eigenvalue weighted by atomic mass is 16.7. The Kier molecular flexibility index (Phi) is 5.94. The number of ether oxygens (including phenoxy) is 2. The number of aliphatic carboxylic acids is 1. The van der Waals surface area contributed by atoms with Gasteiger partial charge in [-0.2, -0.15) is 0 Å². The lowest BCUT2D eigenvalue weighted by Crippen LogP contribution is -2.48. The molecule has 3 aromatic rings. The minimum Gasteiger partial charge on any atom is -0.477 e. The average Bonchev–Trinajstić information content (AvgIpc) is 3.11. The zero-order valence-electron chi connectivity index (χ0n) is 18.1. The Morgan fingerprint density at radius 2 is 1.77 bits per heavy atom. The van der Waals surface area contributed by atoms with E-state index in [1.54, 1.807) is 0 Å². The Morgan fingerprint density at radius 3 is 2.45 bits per heavy atom. The first-order chi connectivity index (χ1) is 14.8. The van der Waals surface area contributed by atoms with Crippen LogP contribution in [0.2, 0.25) is 0 Å². The summed E-state index contributed by atoms with van der Waals surface area (Å²) in [7, 11) is 0. The van der Waals surface area contributed by atoms with Crippen LogP contribution >= 0.6 is 0 Å². The molecule has 6 nitrogen and oxygen atoms in total. The van der Waals surface area contributed by atoms with E-state index in [0.717, 1.165) is 34.6 Å². The number of aryl methyl sites for hydroxylation is 2. The average molecular weight is 421 g/mol. The van der Waals surface area contributed by atoms with E-state index < -0.39 is 11.8 Å². The van der Waals surface area contributed by atoms with Crippen molar-refractivity contribution >= 4 is 5.97 Å². The number of rotatable bonds is 6. The van der Waals surface area contributed by atoms with Crippen LogP contribution in [0.3, 0.4) is 0 Å². The monoisotopic (exact) mass is 421 g/mol. The van der Waals surface area contributed by atoms with Crippen LogP contribution in [0.25, 0.3) is 11.5 Å². The highest BCUT2D eigenvalue weighted by Gasteiger charge is 2.40. The number of aromatic nitrogens is 1. The van der Waals surface area contributed by atoms with Crippen molar-refractivity contribution in [3.05, 3.63) is 76.7 Å². The molecule has 0 aliphatic carbocycles. The molecule has 1 aliphatic rings. The summed E-state index contributed by atoms with van der Waals surface area (Å²) >= 11 is 0. The number of carbonyl (C=O) groups is 1. The van der Waals surface area contributed by atoms with E-state index in [0.29, 0.717) is 25.5 Å². The number of oxazole rings is 1. The number of carboxylic acid groups (broad SMARTS) is 1. The molecule has 1 N–H and O–H groups in total. The topological polar surface area (TPSA) is 81.8 Å². The van der Waals surface area contributed by atoms with Crippen molar-refractivity contribution in [1.82, 2.24) is 4.98 Å². The van der Waals surface area contributed by atoms with Gasteiger partial charge in [0, 0.05) is 24.8 Å². The molecule has 0 saturated carbocycles. The summed E-state index contributed by atoms with van der Waals surface area (Å²) in [6, 6.07) is 16.5. The second-order valence-electron chi connectivity index (χ2n) is 8.33. The van der Waals surface area contributed by atoms with Crippen LogP contribution in [-0.4, -0.2) is 35.1 Å². The van der Waals surface area contributed by atoms with Crippen molar-refractivity contribution in [2.75, 3.05) is 13.2 Å². The molecule has 2 aromatic carbocycles. The lowest BCUT2D eigenvalue weighted by atomic mass is 9.97. The smallest absolute Gasteiger partial charge is 0.364 e. The van der Waals surface area contributed by atoms with Gasteiger partial charge in [-0.25, -0.2) is 9.78 Å². The number of hydrogen-bond acceptors (Lipinski definition) is 5. The molecule has 1 fully saturated rings. The van der Waals surface area contributed by atoms with Gasteiger partial charge < -0.3 is 19.0 Å². The zero-order valence-corrected chi connectivity index (χ0v) is 18.1. The third-order valence-corrected chi connectivity index (χ3v) is 5.66. The summed E-state index contributed by atoms with van der Waals surface area (Å²) in [6.45, 7) is 6.15. The van der Waals surface area contributed by atoms with Gasteiger partial charge in [-0.05, 0) is 43.5 Å². The van der Waals surface area contributed by atoms with Crippen LogP contribution in [-0.2, 0) is 27.1 Å². The molecular formula is C25H27NO5. The number of carboxylic acids is 1. The quantitative estimate of drug-likeness (QED) is 0.629. The van der Waals surface area contributed by atoms with Gasteiger partial charge in [0.2, 0.25) is 5.89 Å². The highest BCUT2D eigenvalue weighted by molar-refractivity contribution is 5.75. The molecule has 4 rings (SSSR count). The summed E-state index contributed by atoms with van der Waals surface area (Å²) in [5.74, 6) is -1.06. The first-order valence-electron chi connectivity index (χ1n) is 10.4. The predicted octanol–water partition coefficient (Wildman–Crippen LogP) is 4.56. The molecule has 6 heteroatoms. The summed E-state index contributed by atoms with van der Waals surface area (Å²) in [4.78, 5) is 16.0. The molecule has 0 radical (unpaired) electrons. The van der Waals surface area contributed by atoms with E-state index in [4.69, 9.17) is 18.9 Å². The van der Waals surface area contributed by atoms with Gasteiger partial charge in [-0.15, -0.1) is 0 Å². The summed E-state index contributed by atoms with van der Waals surface area (Å²) in [5, 5.41) is 9.20. The molecule has 31 heavy (non-hydrogen) atoms. The van der Waals surface area contributed by atoms with Gasteiger partial charge in [0.05, 0.1) is 18.9 Å². The predicted molar refractivity (Wildman–Crippen MR) is 116 cm³/mol. The molecule has 2 heterocycles. The minimum absolute atomic E-state index is 0.115. The van der Waals surface area contributed by atoms with Crippen molar-refractivity contribution < 1.29 is 23.8 Å². The maximum Gasteiger partial charge on any atom is 0.364 e. The molecule has 0 unspecified atom stereocenters. The maximum atomic E-state index is 11.2. The summed E-state index contributed by atoms with van der Waals surface area (Å²) in [5.41, 5.74) is 5.41. The Balaban J connectivity index is 1.42. The third-order valence-electron chi connectivity index (χ3n) is 5.66.